The Kier molecular flexibility index (Phi) is 5.07. The quantitative estimate of drug-likeness (QED) is 0.858. The van der Waals surface area contributed by atoms with E-state index in [1.807, 2.05) is 11.3 Å². The first-order valence-corrected chi connectivity index (χ1v) is 8.70. The highest BCUT2D eigenvalue weighted by Crippen LogP contribution is 2.26. The Morgan fingerprint density at radius 3 is 2.90 bits per heavy atom. The van der Waals surface area contributed by atoms with Gasteiger partial charge in [-0.15, -0.1) is 11.3 Å². The lowest BCUT2D eigenvalue weighted by molar-refractivity contribution is 0.0872. The van der Waals surface area contributed by atoms with Crippen LogP contribution >= 0.6 is 11.3 Å². The molecule has 2 unspecified atom stereocenters. The molecule has 21 heavy (non-hydrogen) atoms. The fourth-order valence-corrected chi connectivity index (χ4v) is 3.88. The molecule has 0 saturated carbocycles. The zero-order valence-corrected chi connectivity index (χ0v) is 13.4. The van der Waals surface area contributed by atoms with E-state index in [1.54, 1.807) is 0 Å². The van der Waals surface area contributed by atoms with E-state index < -0.39 is 0 Å². The van der Waals surface area contributed by atoms with E-state index in [1.165, 1.54) is 22.4 Å². The summed E-state index contributed by atoms with van der Waals surface area (Å²) in [6.45, 7) is 5.18. The lowest BCUT2D eigenvalue weighted by Gasteiger charge is -2.16. The Morgan fingerprint density at radius 2 is 2.10 bits per heavy atom. The molecule has 1 aliphatic heterocycles. The minimum absolute atomic E-state index is 0.459. The molecular formula is C18H23NOS. The Bertz CT molecular complexity index is 551. The van der Waals surface area contributed by atoms with Gasteiger partial charge >= 0.3 is 0 Å². The van der Waals surface area contributed by atoms with Crippen LogP contribution in [0.25, 0.3) is 11.1 Å². The number of benzene rings is 1. The van der Waals surface area contributed by atoms with Crippen molar-refractivity contribution in [2.24, 2.45) is 5.92 Å². The van der Waals surface area contributed by atoms with Crippen LogP contribution in [0.5, 0.6) is 0 Å². The molecule has 1 saturated heterocycles. The maximum absolute atomic E-state index is 5.74. The molecule has 0 radical (unpaired) electrons. The lowest BCUT2D eigenvalue weighted by Crippen LogP contribution is -2.27. The van der Waals surface area contributed by atoms with Crippen molar-refractivity contribution in [3.8, 4) is 11.1 Å². The van der Waals surface area contributed by atoms with Crippen molar-refractivity contribution in [1.82, 2.24) is 5.32 Å². The predicted octanol–water partition coefficient (Wildman–Crippen LogP) is 4.32. The van der Waals surface area contributed by atoms with Gasteiger partial charge in [-0.3, -0.25) is 0 Å². The zero-order chi connectivity index (χ0) is 14.5. The third kappa shape index (κ3) is 3.73. The minimum Gasteiger partial charge on any atom is -0.378 e. The molecule has 0 bridgehead atoms. The number of hydrogen-bond acceptors (Lipinski definition) is 3. The molecule has 1 aromatic carbocycles. The average Bonchev–Trinajstić information content (AvgIpc) is 3.17. The molecule has 0 amide bonds. The second-order valence-electron chi connectivity index (χ2n) is 5.66. The van der Waals surface area contributed by atoms with Crippen LogP contribution < -0.4 is 5.32 Å². The van der Waals surface area contributed by atoms with Gasteiger partial charge in [-0.1, -0.05) is 37.3 Å². The smallest absolute Gasteiger partial charge is 0.0613 e. The number of hydrogen-bond donors (Lipinski definition) is 1. The maximum atomic E-state index is 5.74. The summed E-state index contributed by atoms with van der Waals surface area (Å²) in [6, 6.07) is 12.9. The Labute approximate surface area is 131 Å². The largest absolute Gasteiger partial charge is 0.378 e. The van der Waals surface area contributed by atoms with Gasteiger partial charge in [0, 0.05) is 24.6 Å². The summed E-state index contributed by atoms with van der Waals surface area (Å²) >= 11 is 1.84. The summed E-state index contributed by atoms with van der Waals surface area (Å²) in [5, 5.41) is 5.85. The summed E-state index contributed by atoms with van der Waals surface area (Å²) in [7, 11) is 0. The number of rotatable bonds is 6. The van der Waals surface area contributed by atoms with Gasteiger partial charge in [0.15, 0.2) is 0 Å². The van der Waals surface area contributed by atoms with E-state index >= 15 is 0 Å². The summed E-state index contributed by atoms with van der Waals surface area (Å²) in [5.41, 5.74) is 2.63. The van der Waals surface area contributed by atoms with Crippen LogP contribution in [0.2, 0.25) is 0 Å². The van der Waals surface area contributed by atoms with Gasteiger partial charge < -0.3 is 10.1 Å². The normalized spacial score (nSPS) is 21.8. The third-order valence-corrected chi connectivity index (χ3v) is 5.15. The first-order valence-electron chi connectivity index (χ1n) is 7.82. The Hall–Kier alpha value is -1.16. The molecule has 112 valence electrons. The number of nitrogens with one attached hydrogen (secondary N) is 1. The van der Waals surface area contributed by atoms with E-state index in [2.05, 4.69) is 54.0 Å². The van der Waals surface area contributed by atoms with E-state index in [0.29, 0.717) is 12.0 Å². The molecule has 1 aliphatic rings. The van der Waals surface area contributed by atoms with Crippen LogP contribution in [0.3, 0.4) is 0 Å². The SMILES string of the molecule is CCC1OCCC1CNCc1cc(-c2ccccc2)cs1. The van der Waals surface area contributed by atoms with Gasteiger partial charge in [-0.05, 0) is 41.3 Å². The van der Waals surface area contributed by atoms with Crippen molar-refractivity contribution in [2.45, 2.75) is 32.4 Å². The molecular weight excluding hydrogens is 278 g/mol. The first-order chi connectivity index (χ1) is 10.4. The fraction of sp³-hybridized carbons (Fsp3) is 0.444. The molecule has 1 aromatic heterocycles. The van der Waals surface area contributed by atoms with Gasteiger partial charge in [0.2, 0.25) is 0 Å². The molecule has 2 atom stereocenters. The minimum atomic E-state index is 0.459. The predicted molar refractivity (Wildman–Crippen MR) is 89.6 cm³/mol. The van der Waals surface area contributed by atoms with Gasteiger partial charge in [-0.2, -0.15) is 0 Å². The topological polar surface area (TPSA) is 21.3 Å². The van der Waals surface area contributed by atoms with Gasteiger partial charge in [0.1, 0.15) is 0 Å². The van der Waals surface area contributed by atoms with E-state index in [-0.39, 0.29) is 0 Å². The highest BCUT2D eigenvalue weighted by Gasteiger charge is 2.25. The van der Waals surface area contributed by atoms with Crippen molar-refractivity contribution in [2.75, 3.05) is 13.2 Å². The molecule has 0 aliphatic carbocycles. The number of ether oxygens (including phenoxy) is 1. The third-order valence-electron chi connectivity index (χ3n) is 4.22. The monoisotopic (exact) mass is 301 g/mol. The van der Waals surface area contributed by atoms with Gasteiger partial charge in [-0.25, -0.2) is 0 Å². The summed E-state index contributed by atoms with van der Waals surface area (Å²) in [5.74, 6) is 0.684. The van der Waals surface area contributed by atoms with Crippen molar-refractivity contribution in [3.05, 3.63) is 46.7 Å². The van der Waals surface area contributed by atoms with Crippen molar-refractivity contribution in [1.29, 1.82) is 0 Å². The highest BCUT2D eigenvalue weighted by atomic mass is 32.1. The second-order valence-corrected chi connectivity index (χ2v) is 6.66. The van der Waals surface area contributed by atoms with Crippen LogP contribution in [0.4, 0.5) is 0 Å². The molecule has 2 nitrogen and oxygen atoms in total. The second kappa shape index (κ2) is 7.21. The van der Waals surface area contributed by atoms with E-state index in [4.69, 9.17) is 4.74 Å². The maximum Gasteiger partial charge on any atom is 0.0613 e. The molecule has 1 fully saturated rings. The zero-order valence-electron chi connectivity index (χ0n) is 12.5. The van der Waals surface area contributed by atoms with Crippen molar-refractivity contribution in [3.63, 3.8) is 0 Å². The molecule has 2 aromatic rings. The van der Waals surface area contributed by atoms with E-state index in [0.717, 1.165) is 26.1 Å². The number of thiophene rings is 1. The van der Waals surface area contributed by atoms with Crippen LogP contribution in [0.1, 0.15) is 24.6 Å². The van der Waals surface area contributed by atoms with Gasteiger partial charge in [0.05, 0.1) is 6.10 Å². The van der Waals surface area contributed by atoms with Crippen molar-refractivity contribution >= 4 is 11.3 Å². The lowest BCUT2D eigenvalue weighted by atomic mass is 10.00. The standard InChI is InChI=1S/C18H23NOS/c1-2-18-15(8-9-20-18)11-19-12-17-10-16(13-21-17)14-6-4-3-5-7-14/h3-7,10,13,15,18-19H,2,8-9,11-12H2,1H3. The summed E-state index contributed by atoms with van der Waals surface area (Å²) < 4.78 is 5.74. The molecule has 0 spiro atoms. The van der Waals surface area contributed by atoms with Crippen LogP contribution in [0, 0.1) is 5.92 Å². The summed E-state index contributed by atoms with van der Waals surface area (Å²) in [4.78, 5) is 1.40. The van der Waals surface area contributed by atoms with Gasteiger partial charge in [0.25, 0.3) is 0 Å². The molecule has 2 heterocycles. The van der Waals surface area contributed by atoms with Crippen LogP contribution in [0.15, 0.2) is 41.8 Å². The highest BCUT2D eigenvalue weighted by molar-refractivity contribution is 7.10. The Morgan fingerprint density at radius 1 is 1.24 bits per heavy atom. The molecule has 1 N–H and O–H groups in total. The molecule has 3 heteroatoms. The molecule has 3 rings (SSSR count). The average molecular weight is 301 g/mol. The first kappa shape index (κ1) is 14.8. The fourth-order valence-electron chi connectivity index (χ4n) is 3.01. The Balaban J connectivity index is 1.51. The van der Waals surface area contributed by atoms with E-state index in [9.17, 15) is 0 Å². The van der Waals surface area contributed by atoms with Crippen LogP contribution in [-0.2, 0) is 11.3 Å². The van der Waals surface area contributed by atoms with Crippen LogP contribution in [-0.4, -0.2) is 19.3 Å². The van der Waals surface area contributed by atoms with Crippen molar-refractivity contribution < 1.29 is 4.74 Å². The summed E-state index contributed by atoms with van der Waals surface area (Å²) in [6.07, 6.45) is 2.79.